The van der Waals surface area contributed by atoms with Crippen molar-refractivity contribution in [2.75, 3.05) is 39.6 Å². The van der Waals surface area contributed by atoms with E-state index < -0.39 is 97.5 Å². The van der Waals surface area contributed by atoms with Gasteiger partial charge in [-0.15, -0.1) is 0 Å². The van der Waals surface area contributed by atoms with E-state index in [1.807, 2.05) is 0 Å². The monoisotopic (exact) mass is 1500 g/mol. The van der Waals surface area contributed by atoms with Crippen LogP contribution >= 0.6 is 15.6 Å². The molecule has 0 amide bonds. The van der Waals surface area contributed by atoms with Crippen LogP contribution in [0.4, 0.5) is 0 Å². The van der Waals surface area contributed by atoms with Gasteiger partial charge in [-0.25, -0.2) is 9.13 Å². The Labute approximate surface area is 632 Å². The fourth-order valence-corrected chi connectivity index (χ4v) is 12.4. The lowest BCUT2D eigenvalue weighted by atomic mass is 10.0. The van der Waals surface area contributed by atoms with Crippen molar-refractivity contribution in [2.24, 2.45) is 0 Å². The van der Waals surface area contributed by atoms with Gasteiger partial charge < -0.3 is 33.8 Å². The summed E-state index contributed by atoms with van der Waals surface area (Å²) in [6.07, 6.45) is 84.6. The van der Waals surface area contributed by atoms with Crippen molar-refractivity contribution < 1.29 is 80.2 Å². The molecule has 19 heteroatoms. The number of phosphoric ester groups is 2. The molecule has 0 aromatic rings. The number of rotatable bonds is 76. The molecule has 0 aliphatic rings. The molecular weight excluding hydrogens is 1350 g/mol. The summed E-state index contributed by atoms with van der Waals surface area (Å²) in [7, 11) is -9.98. The molecule has 17 nitrogen and oxygen atoms in total. The lowest BCUT2D eigenvalue weighted by Gasteiger charge is -2.21. The van der Waals surface area contributed by atoms with Gasteiger partial charge in [-0.3, -0.25) is 37.3 Å². The van der Waals surface area contributed by atoms with E-state index in [9.17, 15) is 43.2 Å². The summed E-state index contributed by atoms with van der Waals surface area (Å²) in [6.45, 7) is 4.51. The van der Waals surface area contributed by atoms with Crippen LogP contribution in [0.5, 0.6) is 0 Å². The third kappa shape index (κ3) is 75.7. The number of unbranched alkanes of at least 4 members (excludes halogenated alkanes) is 30. The second-order valence-electron chi connectivity index (χ2n) is 26.9. The number of aliphatic hydroxyl groups excluding tert-OH is 1. The number of hydrogen-bond donors (Lipinski definition) is 3. The fourth-order valence-electron chi connectivity index (χ4n) is 10.8. The molecule has 598 valence electrons. The van der Waals surface area contributed by atoms with Gasteiger partial charge in [0.2, 0.25) is 0 Å². The zero-order valence-electron chi connectivity index (χ0n) is 65.4. The molecule has 3 N–H and O–H groups in total. The van der Waals surface area contributed by atoms with Crippen LogP contribution in [0.1, 0.15) is 336 Å². The highest BCUT2D eigenvalue weighted by Crippen LogP contribution is 2.45. The van der Waals surface area contributed by atoms with Gasteiger partial charge >= 0.3 is 39.5 Å². The predicted octanol–water partition coefficient (Wildman–Crippen LogP) is 23.9. The van der Waals surface area contributed by atoms with E-state index in [4.69, 9.17) is 37.0 Å². The number of ether oxygens (including phenoxy) is 4. The molecular formula is C85H146O17P2. The van der Waals surface area contributed by atoms with Crippen LogP contribution in [-0.4, -0.2) is 96.7 Å². The Balaban J connectivity index is 5.39. The Hall–Kier alpha value is -4.54. The highest BCUT2D eigenvalue weighted by atomic mass is 31.2. The first-order valence-corrected chi connectivity index (χ1v) is 43.8. The van der Waals surface area contributed by atoms with Crippen LogP contribution < -0.4 is 0 Å². The maximum atomic E-state index is 13.1. The van der Waals surface area contributed by atoms with Crippen LogP contribution in [-0.2, 0) is 65.4 Å². The van der Waals surface area contributed by atoms with E-state index in [-0.39, 0.29) is 25.7 Å². The molecule has 0 aromatic heterocycles. The molecule has 5 unspecified atom stereocenters. The molecule has 5 atom stereocenters. The second kappa shape index (κ2) is 76.6. The summed E-state index contributed by atoms with van der Waals surface area (Å²) in [5, 5.41) is 10.7. The van der Waals surface area contributed by atoms with E-state index >= 15 is 0 Å². The van der Waals surface area contributed by atoms with E-state index in [0.29, 0.717) is 32.1 Å². The summed E-state index contributed by atoms with van der Waals surface area (Å²) in [4.78, 5) is 73.1. The van der Waals surface area contributed by atoms with Crippen LogP contribution in [0.3, 0.4) is 0 Å². The highest BCUT2D eigenvalue weighted by Gasteiger charge is 2.30. The maximum Gasteiger partial charge on any atom is 0.472 e. The summed E-state index contributed by atoms with van der Waals surface area (Å²) < 4.78 is 68.7. The molecule has 0 rings (SSSR count). The molecule has 0 aliphatic heterocycles. The summed E-state index contributed by atoms with van der Waals surface area (Å²) in [5.74, 6) is -2.23. The first kappa shape index (κ1) is 99.5. The van der Waals surface area contributed by atoms with E-state index in [1.54, 1.807) is 0 Å². The normalized spacial score (nSPS) is 14.5. The third-order valence-corrected chi connectivity index (χ3v) is 18.8. The third-order valence-electron chi connectivity index (χ3n) is 16.9. The van der Waals surface area contributed by atoms with Gasteiger partial charge in [0.15, 0.2) is 12.2 Å². The van der Waals surface area contributed by atoms with Gasteiger partial charge in [-0.2, -0.15) is 0 Å². The van der Waals surface area contributed by atoms with Crippen molar-refractivity contribution in [3.05, 3.63) is 122 Å². The topological polar surface area (TPSA) is 237 Å². The fraction of sp³-hybridized carbons (Fsp3) is 0.718. The molecule has 0 aliphatic carbocycles. The molecule has 0 spiro atoms. The largest absolute Gasteiger partial charge is 0.472 e. The van der Waals surface area contributed by atoms with E-state index in [1.165, 1.54) is 64.2 Å². The van der Waals surface area contributed by atoms with E-state index in [2.05, 4.69) is 149 Å². The maximum absolute atomic E-state index is 13.1. The van der Waals surface area contributed by atoms with Gasteiger partial charge in [0.1, 0.15) is 19.3 Å². The first-order valence-electron chi connectivity index (χ1n) is 40.8. The number of aliphatic hydroxyl groups is 1. The number of phosphoric acid groups is 2. The van der Waals surface area contributed by atoms with Crippen molar-refractivity contribution in [2.45, 2.75) is 354 Å². The zero-order chi connectivity index (χ0) is 76.0. The molecule has 0 saturated carbocycles. The minimum Gasteiger partial charge on any atom is -0.462 e. The molecule has 104 heavy (non-hydrogen) atoms. The van der Waals surface area contributed by atoms with Gasteiger partial charge in [-0.1, -0.05) is 303 Å². The Morgan fingerprint density at radius 3 is 0.788 bits per heavy atom. The Morgan fingerprint density at radius 1 is 0.279 bits per heavy atom. The van der Waals surface area contributed by atoms with Gasteiger partial charge in [0.05, 0.1) is 26.4 Å². The summed E-state index contributed by atoms with van der Waals surface area (Å²) in [6, 6.07) is 0. The van der Waals surface area contributed by atoms with Crippen molar-refractivity contribution in [3.63, 3.8) is 0 Å². The highest BCUT2D eigenvalue weighted by molar-refractivity contribution is 7.47. The average molecular weight is 1500 g/mol. The Bertz CT molecular complexity index is 2440. The molecule has 0 bridgehead atoms. The van der Waals surface area contributed by atoms with Gasteiger partial charge in [0.25, 0.3) is 0 Å². The van der Waals surface area contributed by atoms with Crippen LogP contribution in [0.15, 0.2) is 122 Å². The van der Waals surface area contributed by atoms with Gasteiger partial charge in [-0.05, 0) is 128 Å². The smallest absolute Gasteiger partial charge is 0.462 e. The zero-order valence-corrected chi connectivity index (χ0v) is 67.2. The van der Waals surface area contributed by atoms with Crippen molar-refractivity contribution in [3.8, 4) is 0 Å². The lowest BCUT2D eigenvalue weighted by molar-refractivity contribution is -0.161. The molecule has 0 heterocycles. The number of hydrogen-bond acceptors (Lipinski definition) is 15. The number of carbonyl (C=O) groups excluding carboxylic acids is 4. The predicted molar refractivity (Wildman–Crippen MR) is 427 cm³/mol. The lowest BCUT2D eigenvalue weighted by Crippen LogP contribution is -2.30. The molecule has 0 aromatic carbocycles. The minimum absolute atomic E-state index is 0.0389. The standard InChI is InChI=1S/C85H146O17P2/c1-5-9-13-17-21-25-29-33-37-39-43-45-49-53-57-61-65-69-82(87)95-75-80(101-84(89)71-67-63-59-55-51-47-41-35-31-27-23-19-15-11-7-3)77-99-103(91,92)97-73-79(86)74-98-104(93,94)100-78-81(102-85(90)72-68-64-60-56-52-48-42-36-32-28-24-20-16-12-8-4)76-96-83(88)70-66-62-58-54-50-46-44-40-38-34-30-26-22-18-14-10-6-2/h9-11,13-15,21-23,25-27,33-35,37-38,41,51,55,79-81,86H,5-8,12,16-20,24,28-32,36,39-40,42-50,52-54,56-78H2,1-4H3,(H,91,92)(H,93,94)/b13-9-,14-10-,15-11-,25-21-,26-22-,27-23-,37-33-,38-34-,41-35-,55-51-. The summed E-state index contributed by atoms with van der Waals surface area (Å²) in [5.41, 5.74) is 0. The molecule has 0 radical (unpaired) electrons. The van der Waals surface area contributed by atoms with Crippen LogP contribution in [0, 0.1) is 0 Å². The number of allylic oxidation sites excluding steroid dienone is 20. The van der Waals surface area contributed by atoms with Crippen molar-refractivity contribution in [1.82, 2.24) is 0 Å². The average Bonchev–Trinajstić information content (AvgIpc) is 1.21. The molecule has 0 saturated heterocycles. The van der Waals surface area contributed by atoms with Gasteiger partial charge in [0, 0.05) is 25.7 Å². The quantitative estimate of drug-likeness (QED) is 0.0169. The Morgan fingerprint density at radius 2 is 0.500 bits per heavy atom. The Kier molecular flexibility index (Phi) is 73.3. The minimum atomic E-state index is -4.99. The van der Waals surface area contributed by atoms with E-state index in [0.717, 1.165) is 186 Å². The van der Waals surface area contributed by atoms with Crippen molar-refractivity contribution in [1.29, 1.82) is 0 Å². The van der Waals surface area contributed by atoms with Crippen molar-refractivity contribution >= 4 is 39.5 Å². The number of esters is 4. The van der Waals surface area contributed by atoms with Crippen LogP contribution in [0.2, 0.25) is 0 Å². The SMILES string of the molecule is CC/C=C\C/C=C\C/C=C\C/C=C\CCCCC(=O)OC(COC(=O)CCCCCCCCC/C=C\C/C=C\C/C=C\CC)COP(=O)(O)OCC(O)COP(=O)(O)OCC(COC(=O)CCCCCCCCC/C=C\C/C=C\C/C=C\CC)OC(=O)CCCCCCCCCCCCCCCCC. The number of carbonyl (C=O) groups is 4. The molecule has 0 fully saturated rings. The summed E-state index contributed by atoms with van der Waals surface area (Å²) >= 11 is 0. The van der Waals surface area contributed by atoms with Crippen LogP contribution in [0.25, 0.3) is 0 Å². The second-order valence-corrected chi connectivity index (χ2v) is 29.8. The first-order chi connectivity index (χ1) is 50.7.